The molecule has 0 unspecified atom stereocenters. The fourth-order valence-corrected chi connectivity index (χ4v) is 7.31. The maximum atomic E-state index is 10.5. The third-order valence-corrected chi connectivity index (χ3v) is 8.51. The summed E-state index contributed by atoms with van der Waals surface area (Å²) in [5.74, 6) is 2.98. The fourth-order valence-electron chi connectivity index (χ4n) is 7.31. The van der Waals surface area contributed by atoms with Crippen molar-refractivity contribution in [3.8, 4) is 0 Å². The van der Waals surface area contributed by atoms with Crippen molar-refractivity contribution in [1.29, 1.82) is 0 Å². The van der Waals surface area contributed by atoms with Crippen LogP contribution in [0.1, 0.15) is 71.6 Å². The van der Waals surface area contributed by atoms with Gasteiger partial charge in [-0.05, 0) is 85.9 Å². The molecular weight excluding hydrogens is 260 g/mol. The lowest BCUT2D eigenvalue weighted by atomic mass is 9.45. The highest BCUT2D eigenvalue weighted by atomic mass is 16.3. The van der Waals surface area contributed by atoms with E-state index < -0.39 is 12.2 Å². The second kappa shape index (κ2) is 4.71. The molecule has 0 saturated heterocycles. The van der Waals surface area contributed by atoms with E-state index in [0.717, 1.165) is 37.0 Å². The number of hydrogen-bond acceptors (Lipinski definition) is 2. The minimum atomic E-state index is -0.472. The average Bonchev–Trinajstić information content (AvgIpc) is 2.85. The number of rotatable bonds is 0. The van der Waals surface area contributed by atoms with Crippen LogP contribution in [0, 0.1) is 34.5 Å². The van der Waals surface area contributed by atoms with E-state index in [1.807, 2.05) is 0 Å². The Kier molecular flexibility index (Phi) is 3.25. The maximum absolute atomic E-state index is 10.5. The quantitative estimate of drug-likeness (QED) is 0.714. The third kappa shape index (κ3) is 1.91. The summed E-state index contributed by atoms with van der Waals surface area (Å²) >= 11 is 0. The van der Waals surface area contributed by atoms with Crippen molar-refractivity contribution < 1.29 is 10.2 Å². The van der Waals surface area contributed by atoms with Crippen LogP contribution in [0.25, 0.3) is 0 Å². The molecule has 4 saturated carbocycles. The maximum Gasteiger partial charge on any atom is 0.0832 e. The van der Waals surface area contributed by atoms with Gasteiger partial charge in [0.15, 0.2) is 0 Å². The predicted octanol–water partition coefficient (Wildman–Crippen LogP) is 3.75. The molecule has 2 heteroatoms. The molecule has 21 heavy (non-hydrogen) atoms. The molecule has 0 spiro atoms. The minimum absolute atomic E-state index is 0.283. The second-order valence-corrected chi connectivity index (χ2v) is 9.25. The molecule has 4 rings (SSSR count). The first-order chi connectivity index (χ1) is 9.96. The van der Waals surface area contributed by atoms with Crippen molar-refractivity contribution in [2.45, 2.75) is 83.8 Å². The lowest BCUT2D eigenvalue weighted by Crippen LogP contribution is -2.57. The molecule has 2 N–H and O–H groups in total. The Hall–Kier alpha value is -0.0800. The van der Waals surface area contributed by atoms with E-state index in [9.17, 15) is 10.2 Å². The lowest BCUT2D eigenvalue weighted by Gasteiger charge is -2.61. The van der Waals surface area contributed by atoms with E-state index in [4.69, 9.17) is 0 Å². The van der Waals surface area contributed by atoms with Crippen LogP contribution in [0.4, 0.5) is 0 Å². The van der Waals surface area contributed by atoms with Crippen LogP contribution in [0.2, 0.25) is 0 Å². The van der Waals surface area contributed by atoms with Gasteiger partial charge in [0.2, 0.25) is 0 Å². The van der Waals surface area contributed by atoms with Crippen LogP contribution in [-0.2, 0) is 0 Å². The van der Waals surface area contributed by atoms with Crippen LogP contribution in [0.5, 0.6) is 0 Å². The van der Waals surface area contributed by atoms with Gasteiger partial charge in [0.25, 0.3) is 0 Å². The first kappa shape index (κ1) is 14.5. The van der Waals surface area contributed by atoms with Crippen LogP contribution < -0.4 is 0 Å². The monoisotopic (exact) mass is 292 g/mol. The van der Waals surface area contributed by atoms with Gasteiger partial charge in [0.1, 0.15) is 0 Å². The SMILES string of the molecule is C[C@@]12CCC[C@H]1[C@@H]1CC[C@H]3[C@H](O)[C@H](O)CC[C@]3(C)[C@H]1CC2. The van der Waals surface area contributed by atoms with E-state index in [2.05, 4.69) is 13.8 Å². The molecular formula is C19H32O2. The molecule has 0 amide bonds. The highest BCUT2D eigenvalue weighted by Crippen LogP contribution is 2.66. The molecule has 0 radical (unpaired) electrons. The zero-order chi connectivity index (χ0) is 14.8. The molecule has 4 fully saturated rings. The highest BCUT2D eigenvalue weighted by Gasteiger charge is 2.59. The summed E-state index contributed by atoms with van der Waals surface area (Å²) in [5, 5.41) is 20.6. The van der Waals surface area contributed by atoms with Crippen LogP contribution in [0.3, 0.4) is 0 Å². The molecule has 0 aromatic heterocycles. The Balaban J connectivity index is 1.64. The van der Waals surface area contributed by atoms with Gasteiger partial charge < -0.3 is 10.2 Å². The number of fused-ring (bicyclic) bond motifs is 5. The summed E-state index contributed by atoms with van der Waals surface area (Å²) < 4.78 is 0. The van der Waals surface area contributed by atoms with Crippen molar-refractivity contribution in [1.82, 2.24) is 0 Å². The average molecular weight is 292 g/mol. The van der Waals surface area contributed by atoms with Gasteiger partial charge in [0.05, 0.1) is 12.2 Å². The number of aliphatic hydroxyl groups is 2. The smallest absolute Gasteiger partial charge is 0.0832 e. The van der Waals surface area contributed by atoms with E-state index >= 15 is 0 Å². The van der Waals surface area contributed by atoms with Gasteiger partial charge in [-0.2, -0.15) is 0 Å². The molecule has 2 nitrogen and oxygen atoms in total. The number of aliphatic hydroxyl groups excluding tert-OH is 2. The van der Waals surface area contributed by atoms with E-state index in [1.54, 1.807) is 0 Å². The third-order valence-electron chi connectivity index (χ3n) is 8.51. The molecule has 0 aromatic rings. The molecule has 8 atom stereocenters. The predicted molar refractivity (Wildman–Crippen MR) is 83.7 cm³/mol. The van der Waals surface area contributed by atoms with Gasteiger partial charge in [-0.3, -0.25) is 0 Å². The fraction of sp³-hybridized carbons (Fsp3) is 1.00. The molecule has 0 bridgehead atoms. The molecule has 0 aliphatic heterocycles. The van der Waals surface area contributed by atoms with E-state index in [1.165, 1.54) is 38.5 Å². The first-order valence-electron chi connectivity index (χ1n) is 9.32. The van der Waals surface area contributed by atoms with Crippen molar-refractivity contribution in [3.63, 3.8) is 0 Å². The normalized spacial score (nSPS) is 60.0. The van der Waals surface area contributed by atoms with Crippen molar-refractivity contribution in [3.05, 3.63) is 0 Å². The Bertz CT molecular complexity index is 422. The highest BCUT2D eigenvalue weighted by molar-refractivity contribution is 5.09. The van der Waals surface area contributed by atoms with Gasteiger partial charge in [0, 0.05) is 0 Å². The van der Waals surface area contributed by atoms with E-state index in [0.29, 0.717) is 11.3 Å². The van der Waals surface area contributed by atoms with Crippen molar-refractivity contribution in [2.75, 3.05) is 0 Å². The van der Waals surface area contributed by atoms with Gasteiger partial charge in [-0.15, -0.1) is 0 Å². The molecule has 0 heterocycles. The van der Waals surface area contributed by atoms with E-state index in [-0.39, 0.29) is 5.41 Å². The van der Waals surface area contributed by atoms with Gasteiger partial charge >= 0.3 is 0 Å². The lowest BCUT2D eigenvalue weighted by molar-refractivity contribution is -0.171. The van der Waals surface area contributed by atoms with Crippen LogP contribution in [0.15, 0.2) is 0 Å². The summed E-state index contributed by atoms with van der Waals surface area (Å²) in [5.41, 5.74) is 0.905. The summed E-state index contributed by atoms with van der Waals surface area (Å²) in [6.45, 7) is 5.00. The topological polar surface area (TPSA) is 40.5 Å². The summed E-state index contributed by atoms with van der Waals surface area (Å²) in [6, 6.07) is 0. The van der Waals surface area contributed by atoms with Crippen molar-refractivity contribution in [2.24, 2.45) is 34.5 Å². The molecule has 4 aliphatic carbocycles. The molecule has 0 aromatic carbocycles. The Morgan fingerprint density at radius 1 is 0.762 bits per heavy atom. The number of hydrogen-bond donors (Lipinski definition) is 2. The zero-order valence-corrected chi connectivity index (χ0v) is 13.7. The van der Waals surface area contributed by atoms with Crippen molar-refractivity contribution >= 4 is 0 Å². The van der Waals surface area contributed by atoms with Gasteiger partial charge in [-0.25, -0.2) is 0 Å². The second-order valence-electron chi connectivity index (χ2n) is 9.25. The Morgan fingerprint density at radius 2 is 1.57 bits per heavy atom. The van der Waals surface area contributed by atoms with Crippen LogP contribution in [-0.4, -0.2) is 22.4 Å². The minimum Gasteiger partial charge on any atom is -0.390 e. The summed E-state index contributed by atoms with van der Waals surface area (Å²) in [6.07, 6.45) is 10.5. The largest absolute Gasteiger partial charge is 0.390 e. The first-order valence-corrected chi connectivity index (χ1v) is 9.32. The zero-order valence-electron chi connectivity index (χ0n) is 13.7. The Labute approximate surface area is 129 Å². The molecule has 120 valence electrons. The summed E-state index contributed by atoms with van der Waals surface area (Å²) in [7, 11) is 0. The Morgan fingerprint density at radius 3 is 2.38 bits per heavy atom. The standard InChI is InChI=1S/C19H32O2/c1-18-9-3-4-13(18)12-5-6-15-17(21)16(20)8-11-19(15,2)14(12)7-10-18/h12-17,20-21H,3-11H2,1-2H3/t12-,13-,14-,15-,16+,17-,18-,19+/m0/s1. The van der Waals surface area contributed by atoms with Gasteiger partial charge in [-0.1, -0.05) is 20.3 Å². The van der Waals surface area contributed by atoms with Crippen LogP contribution >= 0.6 is 0 Å². The summed E-state index contributed by atoms with van der Waals surface area (Å²) in [4.78, 5) is 0. The molecule has 4 aliphatic rings.